The topological polar surface area (TPSA) is 97.0 Å². The van der Waals surface area contributed by atoms with Crippen molar-refractivity contribution < 1.29 is 23.9 Å². The van der Waals surface area contributed by atoms with Gasteiger partial charge >= 0.3 is 0 Å². The highest BCUT2D eigenvalue weighted by molar-refractivity contribution is 7.98. The fourth-order valence-corrected chi connectivity index (χ4v) is 6.80. The van der Waals surface area contributed by atoms with Gasteiger partial charge in [0.25, 0.3) is 0 Å². The zero-order chi connectivity index (χ0) is 25.3. The molecule has 0 radical (unpaired) electrons. The number of nitrogens with zero attached hydrogens (tertiary/aromatic N) is 1. The van der Waals surface area contributed by atoms with E-state index in [0.29, 0.717) is 25.3 Å². The molecule has 0 unspecified atom stereocenters. The predicted octanol–water partition coefficient (Wildman–Crippen LogP) is 2.98. The van der Waals surface area contributed by atoms with Gasteiger partial charge in [0.2, 0.25) is 17.7 Å². The van der Waals surface area contributed by atoms with Crippen LogP contribution in [0.5, 0.6) is 0 Å². The standard InChI is InChI=1S/C27H35N3O5S/c1-34-15-7-14-30-23(25(32)28-17-8-4-3-5-9-17)27-13-12-20(35-27)21(22(27)26(30)33)24(31)29-18-10-6-11-19(16-18)36-2/h6,10-13,16-17,20-23H,3-5,7-9,14-15H2,1-2H3,(H,28,32)(H,29,31)/t20-,21-,22-,23-,27+/m1/s1. The van der Waals surface area contributed by atoms with Crippen LogP contribution >= 0.6 is 11.8 Å². The molecule has 8 nitrogen and oxygen atoms in total. The molecular weight excluding hydrogens is 478 g/mol. The Morgan fingerprint density at radius 2 is 2.03 bits per heavy atom. The quantitative estimate of drug-likeness (QED) is 0.299. The van der Waals surface area contributed by atoms with E-state index in [1.165, 1.54) is 6.42 Å². The zero-order valence-electron chi connectivity index (χ0n) is 20.9. The van der Waals surface area contributed by atoms with E-state index in [4.69, 9.17) is 9.47 Å². The average Bonchev–Trinajstić information content (AvgIpc) is 3.52. The molecule has 1 aromatic carbocycles. The number of amides is 3. The number of hydrogen-bond acceptors (Lipinski definition) is 6. The van der Waals surface area contributed by atoms with Crippen molar-refractivity contribution in [1.29, 1.82) is 0 Å². The van der Waals surface area contributed by atoms with Gasteiger partial charge in [-0.1, -0.05) is 37.5 Å². The largest absolute Gasteiger partial charge is 0.385 e. The Hall–Kier alpha value is -2.36. The first-order valence-electron chi connectivity index (χ1n) is 12.9. The van der Waals surface area contributed by atoms with Gasteiger partial charge in [-0.25, -0.2) is 0 Å². The Labute approximate surface area is 216 Å². The van der Waals surface area contributed by atoms with Crippen molar-refractivity contribution in [2.75, 3.05) is 31.8 Å². The predicted molar refractivity (Wildman–Crippen MR) is 138 cm³/mol. The molecule has 4 aliphatic rings. The van der Waals surface area contributed by atoms with Crippen molar-refractivity contribution in [1.82, 2.24) is 10.2 Å². The van der Waals surface area contributed by atoms with Crippen molar-refractivity contribution >= 4 is 35.2 Å². The maximum Gasteiger partial charge on any atom is 0.246 e. The van der Waals surface area contributed by atoms with Crippen LogP contribution in [0.2, 0.25) is 0 Å². The lowest BCUT2D eigenvalue weighted by atomic mass is 9.74. The number of methoxy groups -OCH3 is 1. The fraction of sp³-hybridized carbons (Fsp3) is 0.593. The number of anilines is 1. The van der Waals surface area contributed by atoms with Crippen molar-refractivity contribution in [2.45, 2.75) is 67.2 Å². The molecule has 1 saturated carbocycles. The van der Waals surface area contributed by atoms with Gasteiger partial charge < -0.3 is 25.0 Å². The number of nitrogens with one attached hydrogen (secondary N) is 2. The van der Waals surface area contributed by atoms with Gasteiger partial charge in [0, 0.05) is 36.9 Å². The third kappa shape index (κ3) is 4.46. The second kappa shape index (κ2) is 10.6. The summed E-state index contributed by atoms with van der Waals surface area (Å²) in [7, 11) is 1.62. The Morgan fingerprint density at radius 3 is 2.78 bits per heavy atom. The van der Waals surface area contributed by atoms with E-state index in [2.05, 4.69) is 10.6 Å². The number of hydrogen-bond donors (Lipinski definition) is 2. The van der Waals surface area contributed by atoms with E-state index in [0.717, 1.165) is 30.6 Å². The summed E-state index contributed by atoms with van der Waals surface area (Å²) in [6, 6.07) is 6.94. The third-order valence-corrected chi connectivity index (χ3v) is 8.69. The highest BCUT2D eigenvalue weighted by Crippen LogP contribution is 2.55. The molecule has 194 valence electrons. The fourth-order valence-electron chi connectivity index (χ4n) is 6.34. The molecule has 3 fully saturated rings. The average molecular weight is 514 g/mol. The number of fused-ring (bicyclic) bond motifs is 1. The number of ether oxygens (including phenoxy) is 2. The molecule has 5 rings (SSSR count). The van der Waals surface area contributed by atoms with Gasteiger partial charge in [0.1, 0.15) is 11.6 Å². The zero-order valence-corrected chi connectivity index (χ0v) is 21.7. The molecule has 1 spiro atoms. The van der Waals surface area contributed by atoms with Crippen LogP contribution in [0.3, 0.4) is 0 Å². The lowest BCUT2D eigenvalue weighted by Gasteiger charge is -2.34. The molecule has 2 bridgehead atoms. The van der Waals surface area contributed by atoms with Crippen molar-refractivity contribution in [2.24, 2.45) is 11.8 Å². The second-order valence-corrected chi connectivity index (χ2v) is 11.0. The number of rotatable bonds is 9. The third-order valence-electron chi connectivity index (χ3n) is 7.96. The van der Waals surface area contributed by atoms with Crippen LogP contribution in [0, 0.1) is 11.8 Å². The Balaban J connectivity index is 1.41. The minimum atomic E-state index is -1.13. The van der Waals surface area contributed by atoms with Crippen LogP contribution in [0.25, 0.3) is 0 Å². The maximum atomic E-state index is 13.8. The van der Waals surface area contributed by atoms with Crippen LogP contribution in [-0.4, -0.2) is 72.9 Å². The van der Waals surface area contributed by atoms with Crippen molar-refractivity contribution in [3.05, 3.63) is 36.4 Å². The van der Waals surface area contributed by atoms with Gasteiger partial charge in [0.05, 0.1) is 17.9 Å². The molecule has 2 N–H and O–H groups in total. The van der Waals surface area contributed by atoms with Crippen LogP contribution < -0.4 is 10.6 Å². The lowest BCUT2D eigenvalue weighted by Crippen LogP contribution is -2.56. The van der Waals surface area contributed by atoms with Crippen LogP contribution in [0.1, 0.15) is 38.5 Å². The molecule has 36 heavy (non-hydrogen) atoms. The van der Waals surface area contributed by atoms with Crippen molar-refractivity contribution in [3.63, 3.8) is 0 Å². The summed E-state index contributed by atoms with van der Waals surface area (Å²) >= 11 is 1.59. The molecular formula is C27H35N3O5S. The summed E-state index contributed by atoms with van der Waals surface area (Å²) < 4.78 is 11.6. The van der Waals surface area contributed by atoms with E-state index >= 15 is 0 Å². The molecule has 3 amide bonds. The number of benzene rings is 1. The molecule has 5 atom stereocenters. The van der Waals surface area contributed by atoms with Gasteiger partial charge in [0.15, 0.2) is 0 Å². The van der Waals surface area contributed by atoms with Crippen LogP contribution in [-0.2, 0) is 23.9 Å². The molecule has 0 aromatic heterocycles. The Kier molecular flexibility index (Phi) is 7.42. The van der Waals surface area contributed by atoms with E-state index in [1.54, 1.807) is 23.8 Å². The minimum absolute atomic E-state index is 0.114. The number of carbonyl (C=O) groups excluding carboxylic acids is 3. The van der Waals surface area contributed by atoms with Gasteiger partial charge in [-0.15, -0.1) is 11.8 Å². The van der Waals surface area contributed by atoms with Gasteiger partial charge in [-0.05, 0) is 43.7 Å². The smallest absolute Gasteiger partial charge is 0.246 e. The molecule has 3 aliphatic heterocycles. The minimum Gasteiger partial charge on any atom is -0.385 e. The van der Waals surface area contributed by atoms with Crippen LogP contribution in [0.15, 0.2) is 41.3 Å². The Morgan fingerprint density at radius 1 is 1.22 bits per heavy atom. The van der Waals surface area contributed by atoms with Crippen molar-refractivity contribution in [3.8, 4) is 0 Å². The summed E-state index contributed by atoms with van der Waals surface area (Å²) in [5.41, 5.74) is -0.446. The lowest BCUT2D eigenvalue weighted by molar-refractivity contribution is -0.141. The van der Waals surface area contributed by atoms with Crippen LogP contribution in [0.4, 0.5) is 5.69 Å². The number of carbonyl (C=O) groups is 3. The molecule has 1 aromatic rings. The number of thioether (sulfide) groups is 1. The first-order chi connectivity index (χ1) is 17.5. The summed E-state index contributed by atoms with van der Waals surface area (Å²) in [6.45, 7) is 0.854. The Bertz CT molecular complexity index is 1040. The summed E-state index contributed by atoms with van der Waals surface area (Å²) in [5, 5.41) is 6.20. The first kappa shape index (κ1) is 25.3. The van der Waals surface area contributed by atoms with E-state index < -0.39 is 29.6 Å². The monoisotopic (exact) mass is 513 g/mol. The van der Waals surface area contributed by atoms with E-state index in [9.17, 15) is 14.4 Å². The highest BCUT2D eigenvalue weighted by Gasteiger charge is 2.72. The highest BCUT2D eigenvalue weighted by atomic mass is 32.2. The first-order valence-corrected chi connectivity index (χ1v) is 14.1. The molecule has 3 heterocycles. The normalized spacial score (nSPS) is 31.1. The van der Waals surface area contributed by atoms with Gasteiger partial charge in [-0.3, -0.25) is 14.4 Å². The summed E-state index contributed by atoms with van der Waals surface area (Å²) in [5.74, 6) is -2.07. The summed E-state index contributed by atoms with van der Waals surface area (Å²) in [6.07, 6.45) is 11.0. The van der Waals surface area contributed by atoms with E-state index in [-0.39, 0.29) is 23.8 Å². The number of likely N-dealkylation sites (tertiary alicyclic amines) is 1. The molecule has 9 heteroatoms. The molecule has 1 aliphatic carbocycles. The SMILES string of the molecule is COCCCN1C(=O)[C@H]2[C@H](C(=O)Nc3cccc(SC)c3)[C@H]3C=C[C@@]2(O3)[C@H]1C(=O)NC1CCCCC1. The second-order valence-electron chi connectivity index (χ2n) is 10.1. The maximum absolute atomic E-state index is 13.8. The molecule has 2 saturated heterocycles. The van der Waals surface area contributed by atoms with E-state index in [1.807, 2.05) is 42.7 Å². The summed E-state index contributed by atoms with van der Waals surface area (Å²) in [4.78, 5) is 43.8. The van der Waals surface area contributed by atoms with Gasteiger partial charge in [-0.2, -0.15) is 0 Å².